The second kappa shape index (κ2) is 6.37. The van der Waals surface area contributed by atoms with Crippen molar-refractivity contribution in [3.05, 3.63) is 34.9 Å². The van der Waals surface area contributed by atoms with Crippen molar-refractivity contribution >= 4 is 23.3 Å². The molecule has 0 radical (unpaired) electrons. The first-order valence-electron chi connectivity index (χ1n) is 6.71. The number of hydrogen-bond donors (Lipinski definition) is 1. The topological polar surface area (TPSA) is 57.6 Å². The smallest absolute Gasteiger partial charge is 0.226 e. The van der Waals surface area contributed by atoms with E-state index in [1.807, 2.05) is 19.1 Å². The zero-order valence-electron chi connectivity index (χ0n) is 11.4. The fourth-order valence-electron chi connectivity index (χ4n) is 2.58. The molecule has 1 amide bonds. The first-order chi connectivity index (χ1) is 9.52. The number of likely N-dealkylation sites (tertiary alicyclic amines) is 1. The molecule has 1 N–H and O–H groups in total. The van der Waals surface area contributed by atoms with Crippen LogP contribution in [-0.4, -0.2) is 34.8 Å². The van der Waals surface area contributed by atoms with Crippen LogP contribution in [-0.2, 0) is 9.59 Å². The Morgan fingerprint density at radius 2 is 2.00 bits per heavy atom. The van der Waals surface area contributed by atoms with Crippen LogP contribution in [0.3, 0.4) is 0 Å². The van der Waals surface area contributed by atoms with Crippen LogP contribution in [0.5, 0.6) is 0 Å². The van der Waals surface area contributed by atoms with E-state index in [4.69, 9.17) is 16.7 Å². The van der Waals surface area contributed by atoms with Gasteiger partial charge >= 0.3 is 0 Å². The number of rotatable bonds is 4. The molecule has 0 aliphatic carbocycles. The Morgan fingerprint density at radius 3 is 2.60 bits per heavy atom. The van der Waals surface area contributed by atoms with Gasteiger partial charge in [0.25, 0.3) is 0 Å². The van der Waals surface area contributed by atoms with Gasteiger partial charge in [-0.1, -0.05) is 30.7 Å². The van der Waals surface area contributed by atoms with Crippen LogP contribution >= 0.6 is 11.6 Å². The van der Waals surface area contributed by atoms with E-state index >= 15 is 0 Å². The molecule has 0 spiro atoms. The Labute approximate surface area is 123 Å². The van der Waals surface area contributed by atoms with Crippen LogP contribution in [0, 0.1) is 5.92 Å². The van der Waals surface area contributed by atoms with Gasteiger partial charge in [-0.05, 0) is 30.5 Å². The number of nitrogens with zero attached hydrogens (tertiary/aromatic N) is 1. The molecule has 20 heavy (non-hydrogen) atoms. The number of aliphatic hydroxyl groups is 1. The SMILES string of the molecule is CC1CCC(c2ccc(Cl)cc2)N(CC(=O)CO)C1=O. The average molecular weight is 296 g/mol. The highest BCUT2D eigenvalue weighted by Gasteiger charge is 2.34. The van der Waals surface area contributed by atoms with Gasteiger partial charge in [-0.3, -0.25) is 9.59 Å². The first-order valence-corrected chi connectivity index (χ1v) is 7.09. The molecule has 1 saturated heterocycles. The summed E-state index contributed by atoms with van der Waals surface area (Å²) in [6.07, 6.45) is 1.61. The highest BCUT2D eigenvalue weighted by atomic mass is 35.5. The number of amides is 1. The molecule has 2 unspecified atom stereocenters. The van der Waals surface area contributed by atoms with E-state index < -0.39 is 6.61 Å². The molecule has 2 atom stereocenters. The molecular formula is C15H18ClNO3. The van der Waals surface area contributed by atoms with Crippen LogP contribution in [0.4, 0.5) is 0 Å². The van der Waals surface area contributed by atoms with Crippen LogP contribution in [0.15, 0.2) is 24.3 Å². The minimum absolute atomic E-state index is 0.0296. The zero-order valence-corrected chi connectivity index (χ0v) is 12.1. The van der Waals surface area contributed by atoms with E-state index in [1.165, 1.54) is 0 Å². The summed E-state index contributed by atoms with van der Waals surface area (Å²) in [5.74, 6) is -0.450. The lowest BCUT2D eigenvalue weighted by Gasteiger charge is -2.38. The minimum atomic E-state index is -0.536. The summed E-state index contributed by atoms with van der Waals surface area (Å²) in [7, 11) is 0. The second-order valence-corrected chi connectivity index (χ2v) is 5.65. The highest BCUT2D eigenvalue weighted by Crippen LogP contribution is 2.34. The lowest BCUT2D eigenvalue weighted by atomic mass is 9.89. The minimum Gasteiger partial charge on any atom is -0.389 e. The number of benzene rings is 1. The summed E-state index contributed by atoms with van der Waals surface area (Å²) >= 11 is 5.88. The Kier molecular flexibility index (Phi) is 4.78. The number of Topliss-reactive ketones (excluding diaryl/α,β-unsaturated/α-hetero) is 1. The van der Waals surface area contributed by atoms with E-state index in [9.17, 15) is 9.59 Å². The molecule has 1 aromatic rings. The van der Waals surface area contributed by atoms with Crippen molar-refractivity contribution in [2.24, 2.45) is 5.92 Å². The predicted molar refractivity (Wildman–Crippen MR) is 76.4 cm³/mol. The third-order valence-electron chi connectivity index (χ3n) is 3.73. The van der Waals surface area contributed by atoms with Gasteiger partial charge in [-0.15, -0.1) is 0 Å². The number of piperidine rings is 1. The van der Waals surface area contributed by atoms with E-state index in [1.54, 1.807) is 17.0 Å². The fraction of sp³-hybridized carbons (Fsp3) is 0.467. The number of carbonyl (C=O) groups is 2. The number of halogens is 1. The number of carbonyl (C=O) groups excluding carboxylic acids is 2. The van der Waals surface area contributed by atoms with E-state index in [0.29, 0.717) is 5.02 Å². The molecule has 5 heteroatoms. The van der Waals surface area contributed by atoms with Crippen LogP contribution in [0.1, 0.15) is 31.4 Å². The van der Waals surface area contributed by atoms with Gasteiger partial charge in [0, 0.05) is 10.9 Å². The molecule has 4 nitrogen and oxygen atoms in total. The van der Waals surface area contributed by atoms with Gasteiger partial charge in [-0.25, -0.2) is 0 Å². The largest absolute Gasteiger partial charge is 0.389 e. The molecule has 2 rings (SSSR count). The van der Waals surface area contributed by atoms with E-state index in [-0.39, 0.29) is 30.2 Å². The number of hydrogen-bond acceptors (Lipinski definition) is 3. The maximum Gasteiger partial charge on any atom is 0.226 e. The van der Waals surface area contributed by atoms with Crippen LogP contribution in [0.2, 0.25) is 5.02 Å². The van der Waals surface area contributed by atoms with Gasteiger partial charge in [-0.2, -0.15) is 0 Å². The Hall–Kier alpha value is -1.39. The van der Waals surface area contributed by atoms with E-state index in [0.717, 1.165) is 18.4 Å². The van der Waals surface area contributed by atoms with Crippen molar-refractivity contribution in [3.63, 3.8) is 0 Å². The summed E-state index contributed by atoms with van der Waals surface area (Å²) in [5, 5.41) is 9.55. The maximum absolute atomic E-state index is 12.3. The summed E-state index contributed by atoms with van der Waals surface area (Å²) < 4.78 is 0. The van der Waals surface area contributed by atoms with E-state index in [2.05, 4.69) is 0 Å². The van der Waals surface area contributed by atoms with Gasteiger partial charge in [0.05, 0.1) is 12.6 Å². The van der Waals surface area contributed by atoms with Gasteiger partial charge in [0.1, 0.15) is 6.61 Å². The monoisotopic (exact) mass is 295 g/mol. The fourth-order valence-corrected chi connectivity index (χ4v) is 2.71. The lowest BCUT2D eigenvalue weighted by molar-refractivity contribution is -0.145. The third-order valence-corrected chi connectivity index (χ3v) is 3.98. The normalized spacial score (nSPS) is 22.9. The predicted octanol–water partition coefficient (Wildman–Crippen LogP) is 2.20. The van der Waals surface area contributed by atoms with Crippen molar-refractivity contribution in [1.29, 1.82) is 0 Å². The number of aliphatic hydroxyl groups excluding tert-OH is 1. The molecule has 1 aliphatic heterocycles. The summed E-state index contributed by atoms with van der Waals surface area (Å²) in [4.78, 5) is 25.4. The average Bonchev–Trinajstić information content (AvgIpc) is 2.45. The highest BCUT2D eigenvalue weighted by molar-refractivity contribution is 6.30. The van der Waals surface area contributed by atoms with Crippen LogP contribution in [0.25, 0.3) is 0 Å². The molecule has 0 aromatic heterocycles. The summed E-state index contributed by atoms with van der Waals surface area (Å²) in [5.41, 5.74) is 0.973. The first kappa shape index (κ1) is 15.0. The molecule has 1 aromatic carbocycles. The number of ketones is 1. The molecule has 0 saturated carbocycles. The van der Waals surface area contributed by atoms with Gasteiger partial charge in [0.2, 0.25) is 5.91 Å². The zero-order chi connectivity index (χ0) is 14.7. The summed E-state index contributed by atoms with van der Waals surface area (Å²) in [6.45, 7) is 1.30. The quantitative estimate of drug-likeness (QED) is 0.926. The molecule has 1 fully saturated rings. The van der Waals surface area contributed by atoms with Crippen molar-refractivity contribution in [1.82, 2.24) is 4.90 Å². The van der Waals surface area contributed by atoms with Crippen LogP contribution < -0.4 is 0 Å². The van der Waals surface area contributed by atoms with Gasteiger partial charge in [0.15, 0.2) is 5.78 Å². The second-order valence-electron chi connectivity index (χ2n) is 5.21. The molecule has 1 aliphatic rings. The Balaban J connectivity index is 2.26. The maximum atomic E-state index is 12.3. The van der Waals surface area contributed by atoms with Gasteiger partial charge < -0.3 is 10.0 Å². The molecule has 108 valence electrons. The standard InChI is InChI=1S/C15H18ClNO3/c1-10-2-7-14(11-3-5-12(16)6-4-11)17(15(10)20)8-13(19)9-18/h3-6,10,14,18H,2,7-9H2,1H3. The molecule has 1 heterocycles. The Morgan fingerprint density at radius 1 is 1.35 bits per heavy atom. The van der Waals surface area contributed by atoms with Crippen molar-refractivity contribution in [2.75, 3.05) is 13.2 Å². The molecule has 0 bridgehead atoms. The van der Waals surface area contributed by atoms with Crippen molar-refractivity contribution in [3.8, 4) is 0 Å². The molecular weight excluding hydrogens is 278 g/mol. The van der Waals surface area contributed by atoms with Crippen molar-refractivity contribution in [2.45, 2.75) is 25.8 Å². The lowest BCUT2D eigenvalue weighted by Crippen LogP contribution is -2.45. The Bertz CT molecular complexity index is 500. The van der Waals surface area contributed by atoms with Crippen molar-refractivity contribution < 1.29 is 14.7 Å². The summed E-state index contributed by atoms with van der Waals surface area (Å²) in [6, 6.07) is 7.21. The third kappa shape index (κ3) is 3.19.